The number of carboxylic acids is 1. The lowest BCUT2D eigenvalue weighted by atomic mass is 9.98. The first kappa shape index (κ1) is 9.78. The number of rotatable bonds is 3. The van der Waals surface area contributed by atoms with Gasteiger partial charge in [-0.15, -0.1) is 0 Å². The number of hydrogen-bond acceptors (Lipinski definition) is 1. The SMILES string of the molecule is CCCc1c(C)cccc1C(=O)O. The first-order chi connectivity index (χ1) is 6.16. The number of carbonyl (C=O) groups is 1. The van der Waals surface area contributed by atoms with Gasteiger partial charge in [0.2, 0.25) is 0 Å². The first-order valence-electron chi connectivity index (χ1n) is 4.48. The summed E-state index contributed by atoms with van der Waals surface area (Å²) in [5, 5.41) is 8.92. The first-order valence-corrected chi connectivity index (χ1v) is 4.48. The molecule has 1 aromatic carbocycles. The van der Waals surface area contributed by atoms with Crippen LogP contribution in [0.25, 0.3) is 0 Å². The molecule has 0 aliphatic rings. The van der Waals surface area contributed by atoms with Gasteiger partial charge in [-0.1, -0.05) is 25.5 Å². The van der Waals surface area contributed by atoms with Crippen LogP contribution in [-0.4, -0.2) is 11.1 Å². The summed E-state index contributed by atoms with van der Waals surface area (Å²) in [6, 6.07) is 5.41. The van der Waals surface area contributed by atoms with Crippen LogP contribution in [0.15, 0.2) is 18.2 Å². The smallest absolute Gasteiger partial charge is 0.335 e. The quantitative estimate of drug-likeness (QED) is 0.772. The molecule has 0 aromatic heterocycles. The highest BCUT2D eigenvalue weighted by Gasteiger charge is 2.10. The Balaban J connectivity index is 3.17. The Morgan fingerprint density at radius 1 is 1.46 bits per heavy atom. The fraction of sp³-hybridized carbons (Fsp3) is 0.364. The molecule has 0 bridgehead atoms. The van der Waals surface area contributed by atoms with Crippen LogP contribution in [0.1, 0.15) is 34.8 Å². The largest absolute Gasteiger partial charge is 0.478 e. The van der Waals surface area contributed by atoms with Crippen molar-refractivity contribution in [1.29, 1.82) is 0 Å². The molecule has 0 saturated carbocycles. The fourth-order valence-electron chi connectivity index (χ4n) is 1.48. The van der Waals surface area contributed by atoms with Crippen molar-refractivity contribution in [2.24, 2.45) is 0 Å². The van der Waals surface area contributed by atoms with Crippen LogP contribution in [0.3, 0.4) is 0 Å². The zero-order chi connectivity index (χ0) is 9.84. The van der Waals surface area contributed by atoms with Crippen LogP contribution < -0.4 is 0 Å². The second kappa shape index (κ2) is 4.08. The van der Waals surface area contributed by atoms with Gasteiger partial charge in [-0.25, -0.2) is 4.79 Å². The van der Waals surface area contributed by atoms with Crippen molar-refractivity contribution in [3.8, 4) is 0 Å². The van der Waals surface area contributed by atoms with Crippen LogP contribution in [-0.2, 0) is 6.42 Å². The summed E-state index contributed by atoms with van der Waals surface area (Å²) >= 11 is 0. The number of hydrogen-bond donors (Lipinski definition) is 1. The molecule has 13 heavy (non-hydrogen) atoms. The molecule has 0 aliphatic heterocycles. The van der Waals surface area contributed by atoms with Gasteiger partial charge in [0, 0.05) is 0 Å². The summed E-state index contributed by atoms with van der Waals surface area (Å²) in [5.41, 5.74) is 2.49. The van der Waals surface area contributed by atoms with Gasteiger partial charge in [-0.05, 0) is 30.5 Å². The Morgan fingerprint density at radius 2 is 2.15 bits per heavy atom. The van der Waals surface area contributed by atoms with E-state index in [-0.39, 0.29) is 0 Å². The molecule has 2 heteroatoms. The average Bonchev–Trinajstić information content (AvgIpc) is 2.08. The van der Waals surface area contributed by atoms with Crippen LogP contribution >= 0.6 is 0 Å². The van der Waals surface area contributed by atoms with Gasteiger partial charge in [0.25, 0.3) is 0 Å². The second-order valence-electron chi connectivity index (χ2n) is 3.16. The summed E-state index contributed by atoms with van der Waals surface area (Å²) in [6.45, 7) is 4.01. The van der Waals surface area contributed by atoms with E-state index in [0.29, 0.717) is 5.56 Å². The minimum atomic E-state index is -0.827. The summed E-state index contributed by atoms with van der Waals surface area (Å²) in [5.74, 6) is -0.827. The molecule has 0 radical (unpaired) electrons. The highest BCUT2D eigenvalue weighted by Crippen LogP contribution is 2.15. The predicted octanol–water partition coefficient (Wildman–Crippen LogP) is 2.65. The monoisotopic (exact) mass is 178 g/mol. The van der Waals surface area contributed by atoms with Crippen LogP contribution in [0, 0.1) is 6.92 Å². The van der Waals surface area contributed by atoms with Gasteiger partial charge < -0.3 is 5.11 Å². The zero-order valence-corrected chi connectivity index (χ0v) is 8.00. The maximum absolute atomic E-state index is 10.8. The van der Waals surface area contributed by atoms with Crippen molar-refractivity contribution in [3.05, 3.63) is 34.9 Å². The highest BCUT2D eigenvalue weighted by atomic mass is 16.4. The summed E-state index contributed by atoms with van der Waals surface area (Å²) in [6.07, 6.45) is 1.82. The van der Waals surface area contributed by atoms with Crippen LogP contribution in [0.5, 0.6) is 0 Å². The molecule has 0 fully saturated rings. The summed E-state index contributed by atoms with van der Waals surface area (Å²) in [4.78, 5) is 10.8. The predicted molar refractivity (Wildman–Crippen MR) is 52.1 cm³/mol. The molecule has 70 valence electrons. The van der Waals surface area contributed by atoms with Gasteiger partial charge in [0.05, 0.1) is 5.56 Å². The van der Waals surface area contributed by atoms with Crippen molar-refractivity contribution in [1.82, 2.24) is 0 Å². The minimum absolute atomic E-state index is 0.446. The lowest BCUT2D eigenvalue weighted by Gasteiger charge is -2.07. The summed E-state index contributed by atoms with van der Waals surface area (Å²) < 4.78 is 0. The van der Waals surface area contributed by atoms with E-state index in [1.165, 1.54) is 0 Å². The molecule has 0 aliphatic carbocycles. The maximum atomic E-state index is 10.8. The van der Waals surface area contributed by atoms with Crippen molar-refractivity contribution >= 4 is 5.97 Å². The molecule has 0 atom stereocenters. The normalized spacial score (nSPS) is 10.0. The van der Waals surface area contributed by atoms with Crippen molar-refractivity contribution in [2.45, 2.75) is 26.7 Å². The van der Waals surface area contributed by atoms with Crippen LogP contribution in [0.2, 0.25) is 0 Å². The molecule has 2 nitrogen and oxygen atoms in total. The molecule has 0 heterocycles. The molecule has 1 rings (SSSR count). The van der Waals surface area contributed by atoms with Gasteiger partial charge in [0.15, 0.2) is 0 Å². The standard InChI is InChI=1S/C11H14O2/c1-3-5-9-8(2)6-4-7-10(9)11(12)13/h4,6-7H,3,5H2,1-2H3,(H,12,13). The molecule has 0 spiro atoms. The number of aryl methyl sites for hydroxylation is 1. The summed E-state index contributed by atoms with van der Waals surface area (Å²) in [7, 11) is 0. The molecular formula is C11H14O2. The number of benzene rings is 1. The van der Waals surface area contributed by atoms with Gasteiger partial charge >= 0.3 is 5.97 Å². The Kier molecular flexibility index (Phi) is 3.07. The maximum Gasteiger partial charge on any atom is 0.335 e. The van der Waals surface area contributed by atoms with Crippen molar-refractivity contribution < 1.29 is 9.90 Å². The average molecular weight is 178 g/mol. The Hall–Kier alpha value is -1.31. The second-order valence-corrected chi connectivity index (χ2v) is 3.16. The minimum Gasteiger partial charge on any atom is -0.478 e. The molecule has 1 aromatic rings. The fourth-order valence-corrected chi connectivity index (χ4v) is 1.48. The topological polar surface area (TPSA) is 37.3 Å². The molecular weight excluding hydrogens is 164 g/mol. The molecule has 0 unspecified atom stereocenters. The van der Waals surface area contributed by atoms with E-state index in [2.05, 4.69) is 6.92 Å². The van der Waals surface area contributed by atoms with Gasteiger partial charge in [0.1, 0.15) is 0 Å². The molecule has 0 saturated heterocycles. The molecule has 1 N–H and O–H groups in total. The van der Waals surface area contributed by atoms with E-state index < -0.39 is 5.97 Å². The van der Waals surface area contributed by atoms with E-state index in [1.54, 1.807) is 12.1 Å². The lowest BCUT2D eigenvalue weighted by molar-refractivity contribution is 0.0695. The Morgan fingerprint density at radius 3 is 2.69 bits per heavy atom. The number of aromatic carboxylic acids is 1. The Bertz CT molecular complexity index is 316. The van der Waals surface area contributed by atoms with Crippen LogP contribution in [0.4, 0.5) is 0 Å². The third kappa shape index (κ3) is 2.08. The number of carboxylic acid groups (broad SMARTS) is 1. The zero-order valence-electron chi connectivity index (χ0n) is 8.00. The van der Waals surface area contributed by atoms with Crippen molar-refractivity contribution in [3.63, 3.8) is 0 Å². The van der Waals surface area contributed by atoms with E-state index in [9.17, 15) is 4.79 Å². The lowest BCUT2D eigenvalue weighted by Crippen LogP contribution is -2.03. The van der Waals surface area contributed by atoms with E-state index in [0.717, 1.165) is 24.0 Å². The van der Waals surface area contributed by atoms with E-state index in [4.69, 9.17) is 5.11 Å². The molecule has 0 amide bonds. The highest BCUT2D eigenvalue weighted by molar-refractivity contribution is 5.89. The van der Waals surface area contributed by atoms with Gasteiger partial charge in [-0.3, -0.25) is 0 Å². The van der Waals surface area contributed by atoms with Gasteiger partial charge in [-0.2, -0.15) is 0 Å². The Labute approximate surface area is 78.2 Å². The van der Waals surface area contributed by atoms with E-state index >= 15 is 0 Å². The third-order valence-corrected chi connectivity index (χ3v) is 2.14. The third-order valence-electron chi connectivity index (χ3n) is 2.14. The van der Waals surface area contributed by atoms with E-state index in [1.807, 2.05) is 13.0 Å². The van der Waals surface area contributed by atoms with Crippen molar-refractivity contribution in [2.75, 3.05) is 0 Å².